The molecule has 0 aromatic rings. The van der Waals surface area contributed by atoms with Gasteiger partial charge in [0, 0.05) is 24.9 Å². The first-order valence-corrected chi connectivity index (χ1v) is 8.50. The van der Waals surface area contributed by atoms with Crippen LogP contribution in [0.5, 0.6) is 0 Å². The minimum absolute atomic E-state index is 0.112. The van der Waals surface area contributed by atoms with Crippen LogP contribution in [0.1, 0.15) is 46.0 Å². The molecule has 4 nitrogen and oxygen atoms in total. The molecule has 5 fully saturated rings. The molecule has 4 bridgehead atoms. The molecule has 0 aromatic carbocycles. The summed E-state index contributed by atoms with van der Waals surface area (Å²) in [6.45, 7) is 8.55. The summed E-state index contributed by atoms with van der Waals surface area (Å²) in [7, 11) is 2.00. The maximum Gasteiger partial charge on any atom is 0.136 e. The molecular formula is C18H29NO3. The van der Waals surface area contributed by atoms with E-state index in [9.17, 15) is 15.0 Å². The molecule has 3 saturated carbocycles. The summed E-state index contributed by atoms with van der Waals surface area (Å²) >= 11 is 0. The van der Waals surface area contributed by atoms with Crippen molar-refractivity contribution in [2.24, 2.45) is 17.3 Å². The third-order valence-corrected chi connectivity index (χ3v) is 6.81. The highest BCUT2D eigenvalue weighted by Crippen LogP contribution is 2.60. The van der Waals surface area contributed by atoms with Crippen molar-refractivity contribution < 1.29 is 15.0 Å². The summed E-state index contributed by atoms with van der Waals surface area (Å²) in [5, 5.41) is 19.0. The van der Waals surface area contributed by atoms with Gasteiger partial charge in [0.05, 0.1) is 12.2 Å². The summed E-state index contributed by atoms with van der Waals surface area (Å²) < 4.78 is 0. The van der Waals surface area contributed by atoms with E-state index in [4.69, 9.17) is 0 Å². The van der Waals surface area contributed by atoms with Crippen molar-refractivity contribution in [2.45, 2.75) is 70.2 Å². The Bertz CT molecular complexity index is 487. The zero-order chi connectivity index (χ0) is 16.2. The number of piperidine rings is 1. The summed E-state index contributed by atoms with van der Waals surface area (Å²) in [5.74, 6) is 1.65. The van der Waals surface area contributed by atoms with Crippen molar-refractivity contribution in [2.75, 3.05) is 7.05 Å². The van der Waals surface area contributed by atoms with Gasteiger partial charge in [-0.15, -0.1) is 0 Å². The number of hydrogen-bond acceptors (Lipinski definition) is 4. The molecule has 0 spiro atoms. The van der Waals surface area contributed by atoms with Gasteiger partial charge in [0.25, 0.3) is 0 Å². The van der Waals surface area contributed by atoms with Crippen LogP contribution in [0.15, 0.2) is 12.2 Å². The first-order chi connectivity index (χ1) is 10.2. The Morgan fingerprint density at radius 1 is 1.18 bits per heavy atom. The highest BCUT2D eigenvalue weighted by Gasteiger charge is 2.54. The minimum atomic E-state index is -0.267. The number of carbonyl (C=O) groups is 1. The Balaban J connectivity index is 0.000000131. The van der Waals surface area contributed by atoms with Crippen molar-refractivity contribution in [1.29, 1.82) is 0 Å². The van der Waals surface area contributed by atoms with Crippen LogP contribution in [0.3, 0.4) is 0 Å². The molecular weight excluding hydrogens is 278 g/mol. The maximum atomic E-state index is 11.1. The Morgan fingerprint density at radius 2 is 1.86 bits per heavy atom. The molecule has 0 amide bonds. The monoisotopic (exact) mass is 307 g/mol. The number of Topliss-reactive ketones (excluding diaryl/α,β-unsaturated/α-hetero) is 1. The van der Waals surface area contributed by atoms with Crippen molar-refractivity contribution in [3.63, 3.8) is 0 Å². The van der Waals surface area contributed by atoms with Gasteiger partial charge in [-0.25, -0.2) is 0 Å². The van der Waals surface area contributed by atoms with Crippen LogP contribution in [0.25, 0.3) is 0 Å². The molecule has 0 aromatic heterocycles. The standard InChI is InChI=1S/C10H16O.C8H13NO2/c1-6-8-4-7(5-9(6)11)10(8,2)3;1-9-5-2-6(10)4-7(9)8(11)3-5/h7-9,11H,1,4-5H2,2-3H3;5,7-8,11H,2-4H2,1H3/t7-,8+,9+;5-,7+,8-/m01/s1. The van der Waals surface area contributed by atoms with E-state index in [1.54, 1.807) is 0 Å². The topological polar surface area (TPSA) is 60.8 Å². The fraction of sp³-hybridized carbons (Fsp3) is 0.833. The lowest BCUT2D eigenvalue weighted by Gasteiger charge is -2.59. The number of fused-ring (bicyclic) bond motifs is 4. The summed E-state index contributed by atoms with van der Waals surface area (Å²) in [4.78, 5) is 13.2. The molecule has 0 unspecified atom stereocenters. The maximum absolute atomic E-state index is 11.1. The summed E-state index contributed by atoms with van der Waals surface area (Å²) in [5.41, 5.74) is 1.51. The molecule has 22 heavy (non-hydrogen) atoms. The van der Waals surface area contributed by atoms with E-state index < -0.39 is 0 Å². The zero-order valence-corrected chi connectivity index (χ0v) is 14.0. The van der Waals surface area contributed by atoms with E-state index in [1.165, 1.54) is 6.42 Å². The number of nitrogens with zero attached hydrogens (tertiary/aromatic N) is 1. The third-order valence-electron chi connectivity index (χ3n) is 6.81. The lowest BCUT2D eigenvalue weighted by Crippen LogP contribution is -2.53. The molecule has 2 saturated heterocycles. The van der Waals surface area contributed by atoms with E-state index >= 15 is 0 Å². The number of carbonyl (C=O) groups excluding carboxylic acids is 1. The SMILES string of the molecule is C=C1[C@H](O)C[C@@H]2C[C@H]1C2(C)C.CN1[C@@H]2CC(=O)C[C@H]1[C@H](O)C2. The van der Waals surface area contributed by atoms with Gasteiger partial charge in [-0.05, 0) is 49.1 Å². The Kier molecular flexibility index (Phi) is 3.99. The molecule has 2 heterocycles. The molecule has 6 atom stereocenters. The van der Waals surface area contributed by atoms with E-state index in [2.05, 4.69) is 25.3 Å². The van der Waals surface area contributed by atoms with Gasteiger partial charge in [0.1, 0.15) is 5.78 Å². The van der Waals surface area contributed by atoms with Crippen molar-refractivity contribution in [3.05, 3.63) is 12.2 Å². The van der Waals surface area contributed by atoms with Gasteiger partial charge >= 0.3 is 0 Å². The van der Waals surface area contributed by atoms with Gasteiger partial charge in [0.15, 0.2) is 0 Å². The smallest absolute Gasteiger partial charge is 0.136 e. The number of aliphatic hydroxyl groups excluding tert-OH is 2. The molecule has 5 aliphatic rings. The van der Waals surface area contributed by atoms with Crippen LogP contribution in [-0.2, 0) is 4.79 Å². The first kappa shape index (κ1) is 16.2. The predicted octanol–water partition coefficient (Wildman–Crippen LogP) is 1.75. The fourth-order valence-electron chi connectivity index (χ4n) is 4.93. The second kappa shape index (κ2) is 5.43. The average molecular weight is 307 g/mol. The Morgan fingerprint density at radius 3 is 2.36 bits per heavy atom. The normalized spacial score (nSPS) is 45.9. The second-order valence-corrected chi connectivity index (χ2v) is 8.27. The summed E-state index contributed by atoms with van der Waals surface area (Å²) in [6.07, 6.45) is 3.72. The molecule has 0 radical (unpaired) electrons. The fourth-order valence-corrected chi connectivity index (χ4v) is 4.93. The van der Waals surface area contributed by atoms with Gasteiger partial charge < -0.3 is 10.2 Å². The number of likely N-dealkylation sites (N-methyl/N-ethyl adjacent to an activating group) is 1. The van der Waals surface area contributed by atoms with Crippen molar-refractivity contribution in [3.8, 4) is 0 Å². The molecule has 2 aliphatic heterocycles. The van der Waals surface area contributed by atoms with Crippen LogP contribution in [0.2, 0.25) is 0 Å². The lowest BCUT2D eigenvalue weighted by molar-refractivity contribution is -0.123. The number of aliphatic hydroxyl groups is 2. The molecule has 124 valence electrons. The Labute approximate surface area is 133 Å². The predicted molar refractivity (Wildman–Crippen MR) is 85.3 cm³/mol. The quantitative estimate of drug-likeness (QED) is 0.669. The van der Waals surface area contributed by atoms with Gasteiger partial charge in [-0.1, -0.05) is 20.4 Å². The molecule has 5 rings (SSSR count). The lowest BCUT2D eigenvalue weighted by atomic mass is 9.47. The van der Waals surface area contributed by atoms with Crippen LogP contribution in [-0.4, -0.2) is 52.2 Å². The molecule has 2 N–H and O–H groups in total. The third kappa shape index (κ3) is 2.45. The first-order valence-electron chi connectivity index (χ1n) is 8.50. The van der Waals surface area contributed by atoms with Crippen molar-refractivity contribution in [1.82, 2.24) is 4.90 Å². The van der Waals surface area contributed by atoms with Gasteiger partial charge in [0.2, 0.25) is 0 Å². The average Bonchev–Trinajstić information content (AvgIpc) is 2.60. The van der Waals surface area contributed by atoms with Crippen LogP contribution >= 0.6 is 0 Å². The summed E-state index contributed by atoms with van der Waals surface area (Å²) in [6, 6.07) is 0.428. The molecule has 4 heteroatoms. The van der Waals surface area contributed by atoms with Gasteiger partial charge in [-0.3, -0.25) is 9.69 Å². The highest BCUT2D eigenvalue weighted by atomic mass is 16.3. The van der Waals surface area contributed by atoms with E-state index in [0.717, 1.165) is 24.3 Å². The second-order valence-electron chi connectivity index (χ2n) is 8.27. The minimum Gasteiger partial charge on any atom is -0.391 e. The van der Waals surface area contributed by atoms with Crippen LogP contribution in [0, 0.1) is 17.3 Å². The van der Waals surface area contributed by atoms with E-state index in [1.807, 2.05) is 7.05 Å². The van der Waals surface area contributed by atoms with Crippen LogP contribution in [0.4, 0.5) is 0 Å². The number of hydrogen-bond donors (Lipinski definition) is 2. The number of ketones is 1. The van der Waals surface area contributed by atoms with E-state index in [-0.39, 0.29) is 18.2 Å². The van der Waals surface area contributed by atoms with Crippen LogP contribution < -0.4 is 0 Å². The number of rotatable bonds is 0. The van der Waals surface area contributed by atoms with Crippen molar-refractivity contribution >= 4 is 5.78 Å². The molecule has 3 aliphatic carbocycles. The van der Waals surface area contributed by atoms with E-state index in [0.29, 0.717) is 36.0 Å². The zero-order valence-electron chi connectivity index (χ0n) is 14.0. The largest absolute Gasteiger partial charge is 0.391 e. The Hall–Kier alpha value is -0.710. The van der Waals surface area contributed by atoms with Gasteiger partial charge in [-0.2, -0.15) is 0 Å². The highest BCUT2D eigenvalue weighted by molar-refractivity contribution is 5.81.